The number of hydrogen-bond acceptors (Lipinski definition) is 3. The molecule has 1 aromatic rings. The smallest absolute Gasteiger partial charge is 0.309 e. The van der Waals surface area contributed by atoms with Crippen LogP contribution in [0.4, 0.5) is 0 Å². The number of carbonyl (C=O) groups excluding carboxylic acids is 1. The minimum atomic E-state index is -0.0570. The Labute approximate surface area is 107 Å². The number of hydrogen-bond donors (Lipinski definition) is 1. The Morgan fingerprint density at radius 1 is 1.56 bits per heavy atom. The highest BCUT2D eigenvalue weighted by atomic mass is 16.5. The molecule has 1 aromatic carbocycles. The van der Waals surface area contributed by atoms with Crippen molar-refractivity contribution in [2.24, 2.45) is 5.92 Å². The fraction of sp³-hybridized carbons (Fsp3) is 0.533. The maximum absolute atomic E-state index is 11.9. The van der Waals surface area contributed by atoms with Crippen molar-refractivity contribution in [2.75, 3.05) is 6.61 Å². The molecule has 3 heteroatoms. The van der Waals surface area contributed by atoms with Crippen LogP contribution in [0.2, 0.25) is 0 Å². The summed E-state index contributed by atoms with van der Waals surface area (Å²) in [5.74, 6) is 0.290. The number of benzene rings is 1. The van der Waals surface area contributed by atoms with E-state index in [2.05, 4.69) is 0 Å². The Bertz CT molecular complexity index is 495. The third kappa shape index (κ3) is 1.61. The zero-order valence-corrected chi connectivity index (χ0v) is 10.6. The van der Waals surface area contributed by atoms with Gasteiger partial charge in [-0.2, -0.15) is 0 Å². The number of ether oxygens (including phenoxy) is 1. The van der Waals surface area contributed by atoms with Gasteiger partial charge < -0.3 is 9.84 Å². The molecule has 0 heterocycles. The lowest BCUT2D eigenvalue weighted by Gasteiger charge is -2.26. The number of phenolic OH excluding ortho intramolecular Hbond substituents is 1. The van der Waals surface area contributed by atoms with Gasteiger partial charge in [0.15, 0.2) is 0 Å². The van der Waals surface area contributed by atoms with Gasteiger partial charge in [-0.25, -0.2) is 0 Å². The first kappa shape index (κ1) is 11.6. The molecule has 0 aromatic heterocycles. The van der Waals surface area contributed by atoms with E-state index in [4.69, 9.17) is 4.74 Å². The molecular weight excluding hydrogens is 228 g/mol. The van der Waals surface area contributed by atoms with Gasteiger partial charge in [-0.15, -0.1) is 0 Å². The van der Waals surface area contributed by atoms with Gasteiger partial charge in [0.05, 0.1) is 12.5 Å². The van der Waals surface area contributed by atoms with E-state index in [0.717, 1.165) is 25.7 Å². The van der Waals surface area contributed by atoms with E-state index in [0.29, 0.717) is 12.4 Å². The van der Waals surface area contributed by atoms with Gasteiger partial charge in [-0.05, 0) is 55.9 Å². The zero-order valence-electron chi connectivity index (χ0n) is 10.6. The molecule has 2 atom stereocenters. The summed E-state index contributed by atoms with van der Waals surface area (Å²) in [6.07, 6.45) is 4.06. The van der Waals surface area contributed by atoms with Crippen LogP contribution in [0, 0.1) is 5.92 Å². The molecule has 2 aliphatic rings. The number of aryl methyl sites for hydroxylation is 1. The lowest BCUT2D eigenvalue weighted by atomic mass is 9.78. The van der Waals surface area contributed by atoms with Crippen molar-refractivity contribution in [1.29, 1.82) is 0 Å². The van der Waals surface area contributed by atoms with Crippen LogP contribution in [0.5, 0.6) is 5.75 Å². The summed E-state index contributed by atoms with van der Waals surface area (Å²) in [4.78, 5) is 11.9. The highest BCUT2D eigenvalue weighted by Crippen LogP contribution is 2.60. The second-order valence-electron chi connectivity index (χ2n) is 5.36. The lowest BCUT2D eigenvalue weighted by Crippen LogP contribution is -2.22. The van der Waals surface area contributed by atoms with Gasteiger partial charge in [0, 0.05) is 5.41 Å². The van der Waals surface area contributed by atoms with Crippen LogP contribution in [-0.2, 0) is 21.4 Å². The Balaban J connectivity index is 1.91. The van der Waals surface area contributed by atoms with Crippen LogP contribution < -0.4 is 0 Å². The molecule has 1 fully saturated rings. The fourth-order valence-electron chi connectivity index (χ4n) is 3.43. The van der Waals surface area contributed by atoms with E-state index in [1.54, 1.807) is 6.07 Å². The third-order valence-electron chi connectivity index (χ3n) is 4.34. The number of esters is 1. The van der Waals surface area contributed by atoms with Crippen LogP contribution in [0.25, 0.3) is 0 Å². The monoisotopic (exact) mass is 246 g/mol. The first-order valence-electron chi connectivity index (χ1n) is 6.66. The summed E-state index contributed by atoms with van der Waals surface area (Å²) >= 11 is 0. The number of fused-ring (bicyclic) bond motifs is 2. The second-order valence-corrected chi connectivity index (χ2v) is 5.36. The molecule has 1 spiro atoms. The standard InChI is InChI=1S/C15H18O3/c1-2-18-14(17)13-9-15(13)7-3-4-10-8-11(16)5-6-12(10)15/h5-6,8,13,16H,2-4,7,9H2,1H3/t13-,15-/m0/s1. The van der Waals surface area contributed by atoms with Gasteiger partial charge in [-0.3, -0.25) is 4.79 Å². The molecule has 1 saturated carbocycles. The van der Waals surface area contributed by atoms with Crippen molar-refractivity contribution in [3.8, 4) is 5.75 Å². The van der Waals surface area contributed by atoms with E-state index in [1.807, 2.05) is 19.1 Å². The van der Waals surface area contributed by atoms with Gasteiger partial charge in [-0.1, -0.05) is 6.07 Å². The Morgan fingerprint density at radius 3 is 3.17 bits per heavy atom. The van der Waals surface area contributed by atoms with Crippen LogP contribution in [0.15, 0.2) is 18.2 Å². The molecule has 1 N–H and O–H groups in total. The van der Waals surface area contributed by atoms with Crippen LogP contribution in [0.3, 0.4) is 0 Å². The molecule has 18 heavy (non-hydrogen) atoms. The third-order valence-corrected chi connectivity index (χ3v) is 4.34. The molecule has 0 saturated heterocycles. The summed E-state index contributed by atoms with van der Waals surface area (Å²) in [7, 11) is 0. The van der Waals surface area contributed by atoms with Gasteiger partial charge in [0.25, 0.3) is 0 Å². The Kier molecular flexibility index (Phi) is 2.58. The van der Waals surface area contributed by atoms with Crippen molar-refractivity contribution in [3.05, 3.63) is 29.3 Å². The number of rotatable bonds is 2. The molecule has 3 rings (SSSR count). The molecule has 0 bridgehead atoms. The lowest BCUT2D eigenvalue weighted by molar-refractivity contribution is -0.145. The van der Waals surface area contributed by atoms with E-state index in [1.165, 1.54) is 11.1 Å². The van der Waals surface area contributed by atoms with Crippen molar-refractivity contribution >= 4 is 5.97 Å². The number of phenols is 1. The normalized spacial score (nSPS) is 28.8. The van der Waals surface area contributed by atoms with Gasteiger partial charge in [0.2, 0.25) is 0 Å². The zero-order chi connectivity index (χ0) is 12.8. The van der Waals surface area contributed by atoms with Crippen molar-refractivity contribution in [1.82, 2.24) is 0 Å². The van der Waals surface area contributed by atoms with E-state index < -0.39 is 0 Å². The molecule has 0 aliphatic heterocycles. The van der Waals surface area contributed by atoms with Crippen molar-refractivity contribution in [2.45, 2.75) is 38.0 Å². The van der Waals surface area contributed by atoms with E-state index >= 15 is 0 Å². The SMILES string of the molecule is CCOC(=O)[C@@H]1C[C@]12CCCc1cc(O)ccc12. The summed E-state index contributed by atoms with van der Waals surface area (Å²) in [5.41, 5.74) is 2.46. The van der Waals surface area contributed by atoms with E-state index in [9.17, 15) is 9.90 Å². The van der Waals surface area contributed by atoms with E-state index in [-0.39, 0.29) is 17.3 Å². The predicted octanol–water partition coefficient (Wildman–Crippen LogP) is 2.55. The van der Waals surface area contributed by atoms with Crippen LogP contribution in [0.1, 0.15) is 37.3 Å². The Hall–Kier alpha value is -1.51. The first-order valence-corrected chi connectivity index (χ1v) is 6.66. The summed E-state index contributed by atoms with van der Waals surface area (Å²) in [6.45, 7) is 2.30. The topological polar surface area (TPSA) is 46.5 Å². The number of aromatic hydroxyl groups is 1. The highest BCUT2D eigenvalue weighted by molar-refractivity contribution is 5.79. The molecule has 96 valence electrons. The largest absolute Gasteiger partial charge is 0.508 e. The van der Waals surface area contributed by atoms with Crippen molar-refractivity contribution in [3.63, 3.8) is 0 Å². The summed E-state index contributed by atoms with van der Waals surface area (Å²) < 4.78 is 5.14. The minimum Gasteiger partial charge on any atom is -0.508 e. The average Bonchev–Trinajstić information content (AvgIpc) is 3.05. The predicted molar refractivity (Wildman–Crippen MR) is 67.5 cm³/mol. The maximum atomic E-state index is 11.9. The fourth-order valence-corrected chi connectivity index (χ4v) is 3.43. The van der Waals surface area contributed by atoms with Crippen LogP contribution in [-0.4, -0.2) is 17.7 Å². The highest BCUT2D eigenvalue weighted by Gasteiger charge is 2.60. The molecular formula is C15H18O3. The van der Waals surface area contributed by atoms with Gasteiger partial charge >= 0.3 is 5.97 Å². The molecule has 3 nitrogen and oxygen atoms in total. The van der Waals surface area contributed by atoms with Crippen LogP contribution >= 0.6 is 0 Å². The minimum absolute atomic E-state index is 0.00748. The molecule has 0 amide bonds. The maximum Gasteiger partial charge on any atom is 0.309 e. The molecule has 0 radical (unpaired) electrons. The van der Waals surface area contributed by atoms with Crippen molar-refractivity contribution < 1.29 is 14.6 Å². The molecule has 0 unspecified atom stereocenters. The summed E-state index contributed by atoms with van der Waals surface area (Å²) in [6, 6.07) is 5.56. The summed E-state index contributed by atoms with van der Waals surface area (Å²) in [5, 5.41) is 9.55. The quantitative estimate of drug-likeness (QED) is 0.816. The Morgan fingerprint density at radius 2 is 2.39 bits per heavy atom. The number of carbonyl (C=O) groups is 1. The average molecular weight is 246 g/mol. The second kappa shape index (κ2) is 4.01. The van der Waals surface area contributed by atoms with Gasteiger partial charge in [0.1, 0.15) is 5.75 Å². The molecule has 2 aliphatic carbocycles. The first-order chi connectivity index (χ1) is 8.67.